The zero-order valence-corrected chi connectivity index (χ0v) is 14.8. The van der Waals surface area contributed by atoms with Gasteiger partial charge >= 0.3 is 6.18 Å². The molecule has 3 aromatic rings. The molecule has 27 heavy (non-hydrogen) atoms. The molecule has 3 rings (SSSR count). The van der Waals surface area contributed by atoms with Crippen LogP contribution in [-0.2, 0) is 6.18 Å². The molecule has 0 aliphatic heterocycles. The van der Waals surface area contributed by atoms with Crippen molar-refractivity contribution in [2.24, 2.45) is 0 Å². The minimum atomic E-state index is -4.49. The molecular formula is C18H14ClF3N4O. The minimum absolute atomic E-state index is 0.0118. The normalized spacial score (nSPS) is 11.1. The predicted octanol–water partition coefficient (Wildman–Crippen LogP) is 5.64. The molecule has 0 radical (unpaired) electrons. The Hall–Kier alpha value is -3.00. The zero-order chi connectivity index (χ0) is 19.4. The summed E-state index contributed by atoms with van der Waals surface area (Å²) in [5.41, 5.74) is -0.378. The maximum absolute atomic E-state index is 13.1. The smallest absolute Gasteiger partial charge is 0.418 e. The second-order valence-electron chi connectivity index (χ2n) is 5.40. The van der Waals surface area contributed by atoms with Crippen LogP contribution >= 0.6 is 11.6 Å². The molecule has 2 aromatic carbocycles. The number of nitrogens with zero attached hydrogens (tertiary/aromatic N) is 2. The Kier molecular flexibility index (Phi) is 5.36. The summed E-state index contributed by atoms with van der Waals surface area (Å²) in [5, 5.41) is 6.11. The van der Waals surface area contributed by atoms with Crippen molar-refractivity contribution in [3.8, 4) is 5.75 Å². The summed E-state index contributed by atoms with van der Waals surface area (Å²) < 4.78 is 44.6. The first-order valence-corrected chi connectivity index (χ1v) is 8.11. The lowest BCUT2D eigenvalue weighted by Gasteiger charge is -2.14. The van der Waals surface area contributed by atoms with Crippen molar-refractivity contribution in [2.45, 2.75) is 6.18 Å². The van der Waals surface area contributed by atoms with Gasteiger partial charge in [0, 0.05) is 11.2 Å². The Morgan fingerprint density at radius 3 is 2.52 bits per heavy atom. The first-order valence-electron chi connectivity index (χ1n) is 7.73. The average molecular weight is 395 g/mol. The molecule has 0 aliphatic carbocycles. The van der Waals surface area contributed by atoms with Crippen molar-refractivity contribution in [1.82, 2.24) is 9.97 Å². The third-order valence-electron chi connectivity index (χ3n) is 3.56. The molecule has 1 heterocycles. The number of halogens is 4. The summed E-state index contributed by atoms with van der Waals surface area (Å²) >= 11 is 5.99. The number of aromatic nitrogens is 2. The Labute approximate surface area is 158 Å². The maximum atomic E-state index is 13.1. The number of rotatable bonds is 5. The van der Waals surface area contributed by atoms with E-state index in [0.29, 0.717) is 22.3 Å². The van der Waals surface area contributed by atoms with Crippen LogP contribution in [0.15, 0.2) is 54.7 Å². The van der Waals surface area contributed by atoms with E-state index in [2.05, 4.69) is 20.6 Å². The molecule has 0 bridgehead atoms. The van der Waals surface area contributed by atoms with Crippen molar-refractivity contribution in [1.29, 1.82) is 0 Å². The van der Waals surface area contributed by atoms with Gasteiger partial charge in [-0.1, -0.05) is 23.7 Å². The van der Waals surface area contributed by atoms with Gasteiger partial charge in [-0.2, -0.15) is 18.2 Å². The van der Waals surface area contributed by atoms with Crippen molar-refractivity contribution in [2.75, 3.05) is 17.7 Å². The number of ether oxygens (including phenoxy) is 1. The van der Waals surface area contributed by atoms with Crippen molar-refractivity contribution in [3.05, 3.63) is 65.3 Å². The van der Waals surface area contributed by atoms with E-state index in [9.17, 15) is 13.2 Å². The Morgan fingerprint density at radius 1 is 1.00 bits per heavy atom. The molecule has 0 amide bonds. The number of methoxy groups -OCH3 is 1. The van der Waals surface area contributed by atoms with Crippen LogP contribution in [0.25, 0.3) is 0 Å². The van der Waals surface area contributed by atoms with Crippen LogP contribution in [0.1, 0.15) is 5.56 Å². The van der Waals surface area contributed by atoms with Gasteiger partial charge in [-0.15, -0.1) is 0 Å². The van der Waals surface area contributed by atoms with Crippen LogP contribution in [0.4, 0.5) is 36.3 Å². The number of para-hydroxylation sites is 1. The fourth-order valence-electron chi connectivity index (χ4n) is 2.36. The van der Waals surface area contributed by atoms with E-state index in [0.717, 1.165) is 6.07 Å². The third kappa shape index (κ3) is 4.59. The van der Waals surface area contributed by atoms with Gasteiger partial charge in [0.25, 0.3) is 0 Å². The number of hydrogen-bond acceptors (Lipinski definition) is 5. The van der Waals surface area contributed by atoms with Crippen molar-refractivity contribution in [3.63, 3.8) is 0 Å². The van der Waals surface area contributed by atoms with Gasteiger partial charge in [-0.3, -0.25) is 0 Å². The molecule has 0 atom stereocenters. The summed E-state index contributed by atoms with van der Waals surface area (Å²) in [6, 6.07) is 11.7. The number of benzene rings is 2. The largest absolute Gasteiger partial charge is 0.495 e. The molecule has 0 fully saturated rings. The van der Waals surface area contributed by atoms with Crippen molar-refractivity contribution < 1.29 is 17.9 Å². The maximum Gasteiger partial charge on any atom is 0.418 e. The molecule has 5 nitrogen and oxygen atoms in total. The van der Waals surface area contributed by atoms with E-state index >= 15 is 0 Å². The second kappa shape index (κ2) is 7.71. The Balaban J connectivity index is 1.87. The van der Waals surface area contributed by atoms with Gasteiger partial charge in [0.05, 0.1) is 24.0 Å². The van der Waals surface area contributed by atoms with Gasteiger partial charge in [-0.05, 0) is 36.4 Å². The van der Waals surface area contributed by atoms with E-state index < -0.39 is 11.7 Å². The first kappa shape index (κ1) is 18.8. The Morgan fingerprint density at radius 2 is 1.78 bits per heavy atom. The summed E-state index contributed by atoms with van der Waals surface area (Å²) in [4.78, 5) is 8.16. The van der Waals surface area contributed by atoms with Gasteiger partial charge in [-0.25, -0.2) is 4.98 Å². The van der Waals surface area contributed by atoms with Gasteiger partial charge < -0.3 is 15.4 Å². The summed E-state index contributed by atoms with van der Waals surface area (Å²) in [6.45, 7) is 0. The highest BCUT2D eigenvalue weighted by molar-refractivity contribution is 6.31. The lowest BCUT2D eigenvalue weighted by molar-refractivity contribution is -0.136. The molecule has 0 unspecified atom stereocenters. The topological polar surface area (TPSA) is 59.1 Å². The predicted molar refractivity (Wildman–Crippen MR) is 98.0 cm³/mol. The van der Waals surface area contributed by atoms with Crippen LogP contribution in [0.2, 0.25) is 5.02 Å². The Bertz CT molecular complexity index is 950. The molecule has 9 heteroatoms. The second-order valence-corrected chi connectivity index (χ2v) is 5.84. The molecular weight excluding hydrogens is 381 g/mol. The molecule has 0 spiro atoms. The van der Waals surface area contributed by atoms with Gasteiger partial charge in [0.1, 0.15) is 11.6 Å². The fourth-order valence-corrected chi connectivity index (χ4v) is 2.54. The quantitative estimate of drug-likeness (QED) is 0.586. The molecule has 0 aliphatic rings. The average Bonchev–Trinajstić information content (AvgIpc) is 2.62. The van der Waals surface area contributed by atoms with Crippen molar-refractivity contribution >= 4 is 34.7 Å². The van der Waals surface area contributed by atoms with Crippen LogP contribution in [-0.4, -0.2) is 17.1 Å². The fraction of sp³-hybridized carbons (Fsp3) is 0.111. The first-order chi connectivity index (χ1) is 12.9. The number of alkyl halides is 3. The lowest BCUT2D eigenvalue weighted by atomic mass is 10.1. The van der Waals surface area contributed by atoms with E-state index in [1.807, 2.05) is 0 Å². The van der Waals surface area contributed by atoms with Crippen LogP contribution in [0.3, 0.4) is 0 Å². The molecule has 0 saturated heterocycles. The third-order valence-corrected chi connectivity index (χ3v) is 3.79. The summed E-state index contributed by atoms with van der Waals surface area (Å²) in [7, 11) is 1.51. The molecule has 140 valence electrons. The molecule has 2 N–H and O–H groups in total. The van der Waals surface area contributed by atoms with E-state index in [4.69, 9.17) is 16.3 Å². The monoisotopic (exact) mass is 394 g/mol. The van der Waals surface area contributed by atoms with E-state index in [-0.39, 0.29) is 11.6 Å². The zero-order valence-electron chi connectivity index (χ0n) is 14.0. The SMILES string of the molecule is COc1ccc(Cl)cc1Nc1ccnc(Nc2ccccc2C(F)(F)F)n1. The van der Waals surface area contributed by atoms with Crippen LogP contribution in [0, 0.1) is 0 Å². The highest BCUT2D eigenvalue weighted by Gasteiger charge is 2.33. The van der Waals surface area contributed by atoms with Gasteiger partial charge in [0.2, 0.25) is 5.95 Å². The highest BCUT2D eigenvalue weighted by Crippen LogP contribution is 2.35. The minimum Gasteiger partial charge on any atom is -0.495 e. The lowest BCUT2D eigenvalue weighted by Crippen LogP contribution is -2.09. The standard InChI is InChI=1S/C18H14ClF3N4O/c1-27-15-7-6-11(19)10-14(15)24-16-8-9-23-17(26-16)25-13-5-3-2-4-12(13)18(20,21)22/h2-10H,1H3,(H2,23,24,25,26). The number of anilines is 4. The summed E-state index contributed by atoms with van der Waals surface area (Å²) in [6.07, 6.45) is -3.07. The summed E-state index contributed by atoms with van der Waals surface area (Å²) in [5.74, 6) is 0.908. The van der Waals surface area contributed by atoms with Crippen LogP contribution in [0.5, 0.6) is 5.75 Å². The van der Waals surface area contributed by atoms with Crippen LogP contribution < -0.4 is 15.4 Å². The number of nitrogens with one attached hydrogen (secondary N) is 2. The molecule has 1 aromatic heterocycles. The molecule has 0 saturated carbocycles. The highest BCUT2D eigenvalue weighted by atomic mass is 35.5. The van der Waals surface area contributed by atoms with Gasteiger partial charge in [0.15, 0.2) is 0 Å². The number of hydrogen-bond donors (Lipinski definition) is 2. The van der Waals surface area contributed by atoms with E-state index in [1.54, 1.807) is 24.3 Å². The van der Waals surface area contributed by atoms with E-state index in [1.165, 1.54) is 31.5 Å².